The summed E-state index contributed by atoms with van der Waals surface area (Å²) in [6.45, 7) is 3.08. The van der Waals surface area contributed by atoms with E-state index >= 15 is 0 Å². The van der Waals surface area contributed by atoms with Crippen LogP contribution in [0.25, 0.3) is 0 Å². The van der Waals surface area contributed by atoms with Crippen LogP contribution in [-0.4, -0.2) is 54.8 Å². The van der Waals surface area contributed by atoms with Gasteiger partial charge in [-0.1, -0.05) is 72.8 Å². The number of hydrogen-bond acceptors (Lipinski definition) is 3. The highest BCUT2D eigenvalue weighted by Gasteiger charge is 2.26. The van der Waals surface area contributed by atoms with Crippen LogP contribution in [0.5, 0.6) is 0 Å². The monoisotopic (exact) mass is 413 g/mol. The summed E-state index contributed by atoms with van der Waals surface area (Å²) in [5.74, 6) is -0.662. The average molecular weight is 414 g/mol. The maximum absolute atomic E-state index is 13.5. The van der Waals surface area contributed by atoms with Crippen molar-refractivity contribution in [2.24, 2.45) is 0 Å². The lowest BCUT2D eigenvalue weighted by Crippen LogP contribution is -2.47. The summed E-state index contributed by atoms with van der Waals surface area (Å²) >= 11 is 0. The first kappa shape index (κ1) is 20.8. The molecule has 3 aromatic rings. The van der Waals surface area contributed by atoms with Gasteiger partial charge in [0, 0.05) is 26.2 Å². The number of nitrogens with one attached hydrogen (secondary N) is 1. The number of anilines is 1. The van der Waals surface area contributed by atoms with Gasteiger partial charge in [0.25, 0.3) is 5.91 Å². The molecule has 1 saturated heterocycles. The van der Waals surface area contributed by atoms with Gasteiger partial charge in [-0.2, -0.15) is 0 Å². The number of piperazine rings is 1. The molecule has 2 amide bonds. The molecule has 31 heavy (non-hydrogen) atoms. The van der Waals surface area contributed by atoms with E-state index in [-0.39, 0.29) is 11.8 Å². The Morgan fingerprint density at radius 2 is 1.26 bits per heavy atom. The molecule has 3 aromatic carbocycles. The van der Waals surface area contributed by atoms with Crippen molar-refractivity contribution in [1.82, 2.24) is 9.80 Å². The molecule has 5 heteroatoms. The Bertz CT molecular complexity index is 989. The fourth-order valence-corrected chi connectivity index (χ4v) is 3.95. The Labute approximate surface area is 183 Å². The van der Waals surface area contributed by atoms with E-state index in [1.54, 1.807) is 12.1 Å². The molecule has 0 atom stereocenters. The summed E-state index contributed by atoms with van der Waals surface area (Å²) in [6.07, 6.45) is 0. The highest BCUT2D eigenvalue weighted by Crippen LogP contribution is 2.27. The Kier molecular flexibility index (Phi) is 6.43. The van der Waals surface area contributed by atoms with Gasteiger partial charge in [0.2, 0.25) is 5.91 Å². The SMILES string of the molecule is CN1CCN(C(=O)c2ccccc2NC(=O)C(c2ccccc2)c2ccccc2)CC1. The van der Waals surface area contributed by atoms with Gasteiger partial charge in [-0.25, -0.2) is 0 Å². The summed E-state index contributed by atoms with van der Waals surface area (Å²) in [5, 5.41) is 3.04. The molecule has 0 unspecified atom stereocenters. The van der Waals surface area contributed by atoms with Crippen LogP contribution in [0.2, 0.25) is 0 Å². The van der Waals surface area contributed by atoms with Gasteiger partial charge in [0.1, 0.15) is 0 Å². The van der Waals surface area contributed by atoms with E-state index in [1.807, 2.05) is 77.7 Å². The van der Waals surface area contributed by atoms with E-state index in [0.717, 1.165) is 24.2 Å². The number of carbonyl (C=O) groups is 2. The van der Waals surface area contributed by atoms with E-state index < -0.39 is 5.92 Å². The Balaban J connectivity index is 1.61. The summed E-state index contributed by atoms with van der Waals surface area (Å²) in [6, 6.07) is 26.7. The summed E-state index contributed by atoms with van der Waals surface area (Å²) in [5.41, 5.74) is 2.90. The number of likely N-dealkylation sites (N-methyl/N-ethyl adjacent to an activating group) is 1. The molecule has 4 rings (SSSR count). The molecule has 158 valence electrons. The lowest BCUT2D eigenvalue weighted by Gasteiger charge is -2.32. The molecule has 1 aliphatic heterocycles. The average Bonchev–Trinajstić information content (AvgIpc) is 2.81. The molecular weight excluding hydrogens is 386 g/mol. The highest BCUT2D eigenvalue weighted by atomic mass is 16.2. The van der Waals surface area contributed by atoms with Crippen molar-refractivity contribution in [2.45, 2.75) is 5.92 Å². The second-order valence-electron chi connectivity index (χ2n) is 7.88. The molecule has 1 aliphatic rings. The fraction of sp³-hybridized carbons (Fsp3) is 0.231. The van der Waals surface area contributed by atoms with Gasteiger partial charge in [0.15, 0.2) is 0 Å². The zero-order chi connectivity index (χ0) is 21.6. The van der Waals surface area contributed by atoms with Gasteiger partial charge in [-0.15, -0.1) is 0 Å². The molecule has 0 aromatic heterocycles. The number of rotatable bonds is 5. The zero-order valence-electron chi connectivity index (χ0n) is 17.7. The molecule has 0 radical (unpaired) electrons. The minimum atomic E-state index is -0.464. The van der Waals surface area contributed by atoms with E-state index in [0.29, 0.717) is 24.3 Å². The second-order valence-corrected chi connectivity index (χ2v) is 7.88. The second kappa shape index (κ2) is 9.58. The van der Waals surface area contributed by atoms with Crippen LogP contribution >= 0.6 is 0 Å². The normalized spacial score (nSPS) is 14.5. The van der Waals surface area contributed by atoms with Crippen molar-refractivity contribution in [3.8, 4) is 0 Å². The van der Waals surface area contributed by atoms with Crippen molar-refractivity contribution >= 4 is 17.5 Å². The van der Waals surface area contributed by atoms with Crippen LogP contribution in [0.4, 0.5) is 5.69 Å². The van der Waals surface area contributed by atoms with Gasteiger partial charge in [0.05, 0.1) is 17.2 Å². The third-order valence-electron chi connectivity index (χ3n) is 5.73. The quantitative estimate of drug-likeness (QED) is 0.691. The standard InChI is InChI=1S/C26H27N3O2/c1-28-16-18-29(19-17-28)26(31)22-14-8-9-15-23(22)27-25(30)24(20-10-4-2-5-11-20)21-12-6-3-7-13-21/h2-15,24H,16-19H2,1H3,(H,27,30). The highest BCUT2D eigenvalue weighted by molar-refractivity contribution is 6.06. The van der Waals surface area contributed by atoms with Crippen LogP contribution < -0.4 is 5.32 Å². The Morgan fingerprint density at radius 1 is 0.742 bits per heavy atom. The molecule has 1 N–H and O–H groups in total. The predicted molar refractivity (Wildman–Crippen MR) is 123 cm³/mol. The third kappa shape index (κ3) is 4.84. The molecule has 0 bridgehead atoms. The third-order valence-corrected chi connectivity index (χ3v) is 5.73. The smallest absolute Gasteiger partial charge is 0.256 e. The topological polar surface area (TPSA) is 52.6 Å². The Morgan fingerprint density at radius 3 is 1.84 bits per heavy atom. The van der Waals surface area contributed by atoms with Gasteiger partial charge < -0.3 is 15.1 Å². The predicted octanol–water partition coefficient (Wildman–Crippen LogP) is 3.84. The van der Waals surface area contributed by atoms with Crippen LogP contribution in [0.3, 0.4) is 0 Å². The van der Waals surface area contributed by atoms with Crippen LogP contribution in [0.1, 0.15) is 27.4 Å². The summed E-state index contributed by atoms with van der Waals surface area (Å²) in [4.78, 5) is 30.7. The first-order valence-electron chi connectivity index (χ1n) is 10.6. The first-order valence-corrected chi connectivity index (χ1v) is 10.6. The van der Waals surface area contributed by atoms with E-state index in [2.05, 4.69) is 17.3 Å². The minimum absolute atomic E-state index is 0.0417. The number of nitrogens with zero attached hydrogens (tertiary/aromatic N) is 2. The lowest BCUT2D eigenvalue weighted by atomic mass is 9.90. The summed E-state index contributed by atoms with van der Waals surface area (Å²) < 4.78 is 0. The molecule has 0 saturated carbocycles. The van der Waals surface area contributed by atoms with Gasteiger partial charge in [-0.05, 0) is 30.3 Å². The molecule has 1 fully saturated rings. The minimum Gasteiger partial charge on any atom is -0.336 e. The number of amides is 2. The van der Waals surface area contributed by atoms with Crippen LogP contribution in [0.15, 0.2) is 84.9 Å². The number of hydrogen-bond donors (Lipinski definition) is 1. The summed E-state index contributed by atoms with van der Waals surface area (Å²) in [7, 11) is 2.06. The maximum atomic E-state index is 13.5. The zero-order valence-corrected chi connectivity index (χ0v) is 17.7. The van der Waals surface area contributed by atoms with Crippen molar-refractivity contribution < 1.29 is 9.59 Å². The van der Waals surface area contributed by atoms with E-state index in [9.17, 15) is 9.59 Å². The van der Waals surface area contributed by atoms with Crippen LogP contribution in [-0.2, 0) is 4.79 Å². The number of carbonyl (C=O) groups excluding carboxylic acids is 2. The molecular formula is C26H27N3O2. The maximum Gasteiger partial charge on any atom is 0.256 e. The first-order chi connectivity index (χ1) is 15.1. The van der Waals surface area contributed by atoms with Gasteiger partial charge in [-0.3, -0.25) is 9.59 Å². The number of benzene rings is 3. The fourth-order valence-electron chi connectivity index (χ4n) is 3.95. The van der Waals surface area contributed by atoms with E-state index in [1.165, 1.54) is 0 Å². The van der Waals surface area contributed by atoms with Crippen LogP contribution in [0, 0.1) is 0 Å². The Hall–Kier alpha value is -3.44. The van der Waals surface area contributed by atoms with Crippen molar-refractivity contribution in [3.05, 3.63) is 102 Å². The molecule has 1 heterocycles. The molecule has 0 aliphatic carbocycles. The van der Waals surface area contributed by atoms with Gasteiger partial charge >= 0.3 is 0 Å². The van der Waals surface area contributed by atoms with Crippen molar-refractivity contribution in [1.29, 1.82) is 0 Å². The lowest BCUT2D eigenvalue weighted by molar-refractivity contribution is -0.116. The largest absolute Gasteiger partial charge is 0.336 e. The van der Waals surface area contributed by atoms with Crippen molar-refractivity contribution in [3.63, 3.8) is 0 Å². The molecule has 0 spiro atoms. The number of para-hydroxylation sites is 1. The van der Waals surface area contributed by atoms with E-state index in [4.69, 9.17) is 0 Å². The van der Waals surface area contributed by atoms with Crippen molar-refractivity contribution in [2.75, 3.05) is 38.5 Å². The molecule has 5 nitrogen and oxygen atoms in total.